The topological polar surface area (TPSA) is 55.5 Å². The first-order chi connectivity index (χ1) is 7.31. The smallest absolute Gasteiger partial charge is 0.406 e. The fraction of sp³-hybridized carbons (Fsp3) is 0.333. The third kappa shape index (κ3) is 5.58. The van der Waals surface area contributed by atoms with Crippen LogP contribution in [0.5, 0.6) is 5.75 Å². The molecule has 0 unspecified atom stereocenters. The number of aliphatic hydroxyl groups excluding tert-OH is 1. The van der Waals surface area contributed by atoms with Gasteiger partial charge in [-0.15, -0.1) is 25.6 Å². The number of halogens is 5. The molecule has 1 atom stereocenters. The second-order valence-electron chi connectivity index (χ2n) is 3.06. The molecule has 8 heteroatoms. The van der Waals surface area contributed by atoms with Gasteiger partial charge in [-0.3, -0.25) is 0 Å². The molecule has 0 aliphatic heterocycles. The first kappa shape index (κ1) is 16.5. The van der Waals surface area contributed by atoms with Gasteiger partial charge in [-0.25, -0.2) is 0 Å². The van der Waals surface area contributed by atoms with Crippen LogP contribution >= 0.6 is 28.3 Å². The summed E-state index contributed by atoms with van der Waals surface area (Å²) in [4.78, 5) is 0. The van der Waals surface area contributed by atoms with Crippen LogP contribution in [-0.2, 0) is 0 Å². The van der Waals surface area contributed by atoms with Gasteiger partial charge >= 0.3 is 6.36 Å². The van der Waals surface area contributed by atoms with Crippen LogP contribution in [0, 0.1) is 0 Å². The summed E-state index contributed by atoms with van der Waals surface area (Å²) in [6.07, 6.45) is -4.75. The van der Waals surface area contributed by atoms with Crippen LogP contribution in [-0.4, -0.2) is 18.1 Å². The number of benzene rings is 1. The largest absolute Gasteiger partial charge is 0.573 e. The molecule has 1 rings (SSSR count). The quantitative estimate of drug-likeness (QED) is 0.892. The van der Waals surface area contributed by atoms with Gasteiger partial charge in [-0.2, -0.15) is 0 Å². The van der Waals surface area contributed by atoms with E-state index in [1.54, 1.807) is 0 Å². The number of aliphatic hydroxyl groups is 1. The fourth-order valence-corrected chi connectivity index (χ4v) is 1.59. The van der Waals surface area contributed by atoms with Crippen LogP contribution in [0.4, 0.5) is 13.2 Å². The van der Waals surface area contributed by atoms with Gasteiger partial charge in [0.25, 0.3) is 0 Å². The van der Waals surface area contributed by atoms with Crippen molar-refractivity contribution in [1.82, 2.24) is 0 Å². The Morgan fingerprint density at radius 2 is 1.94 bits per heavy atom. The molecule has 0 saturated heterocycles. The van der Waals surface area contributed by atoms with Crippen LogP contribution in [0.3, 0.4) is 0 Å². The van der Waals surface area contributed by atoms with Crippen LogP contribution in [0.25, 0.3) is 0 Å². The third-order valence-corrected chi connectivity index (χ3v) is 2.21. The zero-order chi connectivity index (χ0) is 12.3. The molecule has 0 spiro atoms. The van der Waals surface area contributed by atoms with E-state index in [4.69, 9.17) is 10.8 Å². The minimum atomic E-state index is -4.75. The first-order valence-electron chi connectivity index (χ1n) is 4.24. The number of hydrogen-bond donors (Lipinski definition) is 2. The molecule has 1 aromatic rings. The maximum Gasteiger partial charge on any atom is 0.573 e. The Balaban J connectivity index is 0.00000256. The Kier molecular flexibility index (Phi) is 6.25. The first-order valence-corrected chi connectivity index (χ1v) is 5.04. The number of ether oxygens (including phenoxy) is 1. The summed E-state index contributed by atoms with van der Waals surface area (Å²) >= 11 is 3.03. The molecule has 0 aliphatic rings. The summed E-state index contributed by atoms with van der Waals surface area (Å²) in [5, 5.41) is 8.80. The molecule has 3 nitrogen and oxygen atoms in total. The summed E-state index contributed by atoms with van der Waals surface area (Å²) in [5.41, 5.74) is 5.85. The summed E-state index contributed by atoms with van der Waals surface area (Å²) in [6, 6.07) is 3.08. The van der Waals surface area contributed by atoms with E-state index >= 15 is 0 Å². The number of hydrogen-bond acceptors (Lipinski definition) is 3. The highest BCUT2D eigenvalue weighted by molar-refractivity contribution is 9.10. The SMILES string of the molecule is Cl.N[C@H](CO)c1cc(Br)cc(OC(F)(F)F)c1. The van der Waals surface area contributed by atoms with Gasteiger partial charge in [0.05, 0.1) is 12.6 Å². The van der Waals surface area contributed by atoms with Gasteiger partial charge in [0.1, 0.15) is 5.75 Å². The molecule has 0 saturated carbocycles. The molecule has 3 N–H and O–H groups in total. The molecule has 17 heavy (non-hydrogen) atoms. The summed E-state index contributed by atoms with van der Waals surface area (Å²) < 4.78 is 40.1. The second kappa shape index (κ2) is 6.44. The lowest BCUT2D eigenvalue weighted by Crippen LogP contribution is -2.18. The Morgan fingerprint density at radius 3 is 2.41 bits per heavy atom. The van der Waals surface area contributed by atoms with Gasteiger partial charge in [0, 0.05) is 4.47 Å². The maximum absolute atomic E-state index is 12.0. The van der Waals surface area contributed by atoms with Crippen molar-refractivity contribution in [2.75, 3.05) is 6.61 Å². The Hall–Kier alpha value is -0.500. The Morgan fingerprint density at radius 1 is 1.35 bits per heavy atom. The van der Waals surface area contributed by atoms with E-state index in [2.05, 4.69) is 20.7 Å². The van der Waals surface area contributed by atoms with E-state index in [9.17, 15) is 13.2 Å². The van der Waals surface area contributed by atoms with E-state index in [0.29, 0.717) is 10.0 Å². The van der Waals surface area contributed by atoms with E-state index in [1.165, 1.54) is 12.1 Å². The summed E-state index contributed by atoms with van der Waals surface area (Å²) in [7, 11) is 0. The van der Waals surface area contributed by atoms with Gasteiger partial charge in [-0.05, 0) is 23.8 Å². The molecule has 1 aromatic carbocycles. The molecule has 98 valence electrons. The predicted octanol–water partition coefficient (Wildman–Crippen LogP) is 2.76. The van der Waals surface area contributed by atoms with E-state index in [1.807, 2.05) is 0 Å². The van der Waals surface area contributed by atoms with Crippen molar-refractivity contribution >= 4 is 28.3 Å². The monoisotopic (exact) mass is 335 g/mol. The Labute approximate surface area is 110 Å². The highest BCUT2D eigenvalue weighted by Gasteiger charge is 2.31. The third-order valence-electron chi connectivity index (χ3n) is 1.75. The molecule has 0 aliphatic carbocycles. The average molecular weight is 337 g/mol. The van der Waals surface area contributed by atoms with Crippen molar-refractivity contribution in [3.63, 3.8) is 0 Å². The van der Waals surface area contributed by atoms with Crippen molar-refractivity contribution in [2.24, 2.45) is 5.73 Å². The van der Waals surface area contributed by atoms with Crippen molar-refractivity contribution in [3.05, 3.63) is 28.2 Å². The van der Waals surface area contributed by atoms with Gasteiger partial charge in [0.15, 0.2) is 0 Å². The minimum absolute atomic E-state index is 0. The molecular formula is C9H10BrClF3NO2. The maximum atomic E-state index is 12.0. The highest BCUT2D eigenvalue weighted by Crippen LogP contribution is 2.28. The standard InChI is InChI=1S/C9H9BrF3NO2.ClH/c10-6-1-5(8(14)4-15)2-7(3-6)16-9(11,12)13;/h1-3,8,15H,4,14H2;1H/t8-;/m1./s1. The van der Waals surface area contributed by atoms with Gasteiger partial charge in [-0.1, -0.05) is 15.9 Å². The molecule has 0 aromatic heterocycles. The molecule has 0 bridgehead atoms. The van der Waals surface area contributed by atoms with E-state index in [-0.39, 0.29) is 24.8 Å². The molecule has 0 amide bonds. The number of rotatable bonds is 3. The minimum Gasteiger partial charge on any atom is -0.406 e. The van der Waals surface area contributed by atoms with Crippen molar-refractivity contribution in [2.45, 2.75) is 12.4 Å². The second-order valence-corrected chi connectivity index (χ2v) is 3.97. The molecule has 0 fully saturated rings. The lowest BCUT2D eigenvalue weighted by Gasteiger charge is -2.13. The Bertz CT molecular complexity index is 376. The lowest BCUT2D eigenvalue weighted by atomic mass is 10.1. The number of alkyl halides is 3. The molecular weight excluding hydrogens is 326 g/mol. The van der Waals surface area contributed by atoms with Crippen LogP contribution < -0.4 is 10.5 Å². The summed E-state index contributed by atoms with van der Waals surface area (Å²) in [5.74, 6) is -0.374. The van der Waals surface area contributed by atoms with Crippen molar-refractivity contribution in [1.29, 1.82) is 0 Å². The molecule has 0 radical (unpaired) electrons. The molecule has 0 heterocycles. The van der Waals surface area contributed by atoms with Crippen molar-refractivity contribution < 1.29 is 23.0 Å². The number of nitrogens with two attached hydrogens (primary N) is 1. The van der Waals surface area contributed by atoms with Crippen LogP contribution in [0.2, 0.25) is 0 Å². The fourth-order valence-electron chi connectivity index (χ4n) is 1.10. The highest BCUT2D eigenvalue weighted by atomic mass is 79.9. The van der Waals surface area contributed by atoms with E-state index in [0.717, 1.165) is 6.07 Å². The average Bonchev–Trinajstić information content (AvgIpc) is 2.12. The summed E-state index contributed by atoms with van der Waals surface area (Å²) in [6.45, 7) is -0.359. The van der Waals surface area contributed by atoms with Crippen LogP contribution in [0.15, 0.2) is 22.7 Å². The van der Waals surface area contributed by atoms with Crippen molar-refractivity contribution in [3.8, 4) is 5.75 Å². The zero-order valence-corrected chi connectivity index (χ0v) is 10.8. The lowest BCUT2D eigenvalue weighted by molar-refractivity contribution is -0.274. The van der Waals surface area contributed by atoms with E-state index < -0.39 is 12.4 Å². The normalized spacial score (nSPS) is 12.8. The zero-order valence-electron chi connectivity index (χ0n) is 8.37. The van der Waals surface area contributed by atoms with Gasteiger partial charge < -0.3 is 15.6 Å². The van der Waals surface area contributed by atoms with Crippen LogP contribution in [0.1, 0.15) is 11.6 Å². The van der Waals surface area contributed by atoms with Gasteiger partial charge in [0.2, 0.25) is 0 Å². The predicted molar refractivity (Wildman–Crippen MR) is 62.1 cm³/mol.